The lowest BCUT2D eigenvalue weighted by Gasteiger charge is -2.43. The van der Waals surface area contributed by atoms with E-state index in [1.807, 2.05) is 0 Å². The predicted octanol–water partition coefficient (Wildman–Crippen LogP) is -2.06. The number of β-lactam (4-membered cyclic amide) rings is 1. The second kappa shape index (κ2) is 11.9. The minimum atomic E-state index is -4.98. The van der Waals surface area contributed by atoms with Gasteiger partial charge in [-0.2, -0.15) is 23.4 Å². The fraction of sp³-hybridized carbons (Fsp3) is 0.591. The molecule has 3 aliphatic rings. The summed E-state index contributed by atoms with van der Waals surface area (Å²) in [5.74, 6) is -2.81. The van der Waals surface area contributed by atoms with Crippen molar-refractivity contribution in [3.63, 3.8) is 0 Å². The smallest absolute Gasteiger partial charge is 0.362 e. The molecule has 0 unspecified atom stereocenters. The van der Waals surface area contributed by atoms with Gasteiger partial charge < -0.3 is 31.6 Å². The number of nitrogens with two attached hydrogens (primary N) is 1. The van der Waals surface area contributed by atoms with Crippen LogP contribution in [0.5, 0.6) is 0 Å². The SMILES string of the molecule is Nc1nc(/C(=N/OC2(C(=O)O)CCCC2)C(=O)N[C@@H]2C(=O)N(S(=O)(=O)O)[C@@H]2Cn2ncc(CNCC3CNC3)n2)cs1. The fourth-order valence-corrected chi connectivity index (χ4v) is 6.36. The number of aliphatic carboxylic acids is 1. The predicted molar refractivity (Wildman–Crippen MR) is 145 cm³/mol. The Morgan fingerprint density at radius 3 is 2.64 bits per heavy atom. The lowest BCUT2D eigenvalue weighted by Crippen LogP contribution is -2.73. The second-order valence-electron chi connectivity index (χ2n) is 10.3. The first-order chi connectivity index (χ1) is 20.0. The van der Waals surface area contributed by atoms with E-state index in [0.29, 0.717) is 31.0 Å². The molecule has 2 amide bonds. The summed E-state index contributed by atoms with van der Waals surface area (Å²) in [6.45, 7) is 2.79. The molecule has 5 rings (SSSR count). The lowest BCUT2D eigenvalue weighted by atomic mass is 9.98. The summed E-state index contributed by atoms with van der Waals surface area (Å²) < 4.78 is 33.8. The zero-order chi connectivity index (χ0) is 30.1. The minimum absolute atomic E-state index is 0.0351. The van der Waals surface area contributed by atoms with E-state index in [1.54, 1.807) is 0 Å². The molecular formula is C22H30N10O8S2. The molecule has 18 nitrogen and oxygen atoms in total. The van der Waals surface area contributed by atoms with Crippen LogP contribution >= 0.6 is 11.3 Å². The van der Waals surface area contributed by atoms with Crippen LogP contribution in [0.3, 0.4) is 0 Å². The van der Waals surface area contributed by atoms with E-state index in [1.165, 1.54) is 11.6 Å². The molecule has 2 saturated heterocycles. The van der Waals surface area contributed by atoms with Crippen LogP contribution in [0.2, 0.25) is 0 Å². The molecule has 4 heterocycles. The maximum absolute atomic E-state index is 13.4. The number of hydrogen-bond donors (Lipinski definition) is 6. The highest BCUT2D eigenvalue weighted by atomic mass is 32.2. The molecule has 7 N–H and O–H groups in total. The number of oxime groups is 1. The van der Waals surface area contributed by atoms with Gasteiger partial charge >= 0.3 is 16.3 Å². The highest BCUT2D eigenvalue weighted by Gasteiger charge is 2.55. The minimum Gasteiger partial charge on any atom is -0.478 e. The molecule has 3 fully saturated rings. The molecule has 2 aromatic heterocycles. The number of aromatic nitrogens is 4. The maximum Gasteiger partial charge on any atom is 0.362 e. The Hall–Kier alpha value is -3.72. The van der Waals surface area contributed by atoms with Crippen molar-refractivity contribution in [3.8, 4) is 0 Å². The maximum atomic E-state index is 13.4. The number of rotatable bonds is 13. The summed E-state index contributed by atoms with van der Waals surface area (Å²) in [7, 11) is -4.98. The summed E-state index contributed by atoms with van der Waals surface area (Å²) >= 11 is 0.991. The van der Waals surface area contributed by atoms with Gasteiger partial charge in [0.15, 0.2) is 10.8 Å². The zero-order valence-corrected chi connectivity index (χ0v) is 23.8. The molecule has 0 radical (unpaired) electrons. The van der Waals surface area contributed by atoms with Crippen molar-refractivity contribution < 1.29 is 37.3 Å². The van der Waals surface area contributed by atoms with Crippen molar-refractivity contribution in [2.75, 3.05) is 25.4 Å². The van der Waals surface area contributed by atoms with Crippen molar-refractivity contribution in [2.24, 2.45) is 11.1 Å². The molecule has 2 aromatic rings. The highest BCUT2D eigenvalue weighted by molar-refractivity contribution is 7.84. The van der Waals surface area contributed by atoms with Crippen LogP contribution in [0.4, 0.5) is 5.13 Å². The third-order valence-electron chi connectivity index (χ3n) is 7.34. The number of carboxylic acid groups (broad SMARTS) is 1. The van der Waals surface area contributed by atoms with Crippen LogP contribution in [-0.2, 0) is 42.6 Å². The van der Waals surface area contributed by atoms with Crippen LogP contribution < -0.4 is 21.7 Å². The zero-order valence-electron chi connectivity index (χ0n) is 22.2. The van der Waals surface area contributed by atoms with E-state index in [4.69, 9.17) is 10.6 Å². The lowest BCUT2D eigenvalue weighted by molar-refractivity contribution is -0.165. The Balaban J connectivity index is 1.32. The van der Waals surface area contributed by atoms with E-state index in [-0.39, 0.29) is 34.5 Å². The second-order valence-corrected chi connectivity index (χ2v) is 12.5. The number of anilines is 1. The van der Waals surface area contributed by atoms with E-state index < -0.39 is 51.5 Å². The van der Waals surface area contributed by atoms with Crippen molar-refractivity contribution in [1.29, 1.82) is 0 Å². The standard InChI is InChI=1S/C22H30N10O8S2/c23-21-27-14(11-41-21)16(30-40-22(20(35)36)3-1-2-4-22)18(33)28-17-15(32(19(17)34)42(37,38)39)10-31-26-9-13(29-31)8-25-7-12-5-24-6-12/h9,11-12,15,17,24-25H,1-8,10H2,(H2,23,27)(H,28,33)(H,35,36)(H,37,38,39)/b30-16-/t15-,17+/m1/s1. The summed E-state index contributed by atoms with van der Waals surface area (Å²) in [6, 6.07) is -2.72. The van der Waals surface area contributed by atoms with Crippen LogP contribution in [-0.4, -0.2) is 103 Å². The first-order valence-electron chi connectivity index (χ1n) is 13.1. The molecule has 20 heteroatoms. The van der Waals surface area contributed by atoms with Gasteiger partial charge in [0, 0.05) is 44.4 Å². The summed E-state index contributed by atoms with van der Waals surface area (Å²) in [5.41, 5.74) is 4.15. The average Bonchev–Trinajstić information content (AvgIpc) is 3.65. The van der Waals surface area contributed by atoms with Crippen LogP contribution in [0, 0.1) is 5.92 Å². The molecule has 1 aliphatic carbocycles. The van der Waals surface area contributed by atoms with E-state index in [2.05, 4.69) is 36.3 Å². The molecule has 0 aromatic carbocycles. The summed E-state index contributed by atoms with van der Waals surface area (Å²) in [5, 5.41) is 32.3. The number of hydrogen-bond acceptors (Lipinski definition) is 14. The van der Waals surface area contributed by atoms with E-state index in [0.717, 1.165) is 35.8 Å². The van der Waals surface area contributed by atoms with E-state index in [9.17, 15) is 32.5 Å². The molecule has 42 heavy (non-hydrogen) atoms. The molecular weight excluding hydrogens is 596 g/mol. The number of nitrogens with zero attached hydrogens (tertiary/aromatic N) is 6. The number of carbonyl (C=O) groups excluding carboxylic acids is 2. The van der Waals surface area contributed by atoms with Gasteiger partial charge in [-0.25, -0.2) is 14.1 Å². The first-order valence-corrected chi connectivity index (χ1v) is 15.4. The van der Waals surface area contributed by atoms with Gasteiger partial charge in [0.1, 0.15) is 17.8 Å². The average molecular weight is 627 g/mol. The number of nitrogen functional groups attached to an aromatic ring is 1. The number of amides is 2. The molecule has 1 saturated carbocycles. The molecule has 2 aliphatic heterocycles. The number of thiazole rings is 1. The van der Waals surface area contributed by atoms with Gasteiger partial charge in [-0.1, -0.05) is 5.16 Å². The van der Waals surface area contributed by atoms with Gasteiger partial charge in [-0.3, -0.25) is 14.1 Å². The summed E-state index contributed by atoms with van der Waals surface area (Å²) in [4.78, 5) is 48.6. The van der Waals surface area contributed by atoms with Crippen molar-refractivity contribution in [3.05, 3.63) is 23.0 Å². The normalized spacial score (nSPS) is 22.5. The van der Waals surface area contributed by atoms with Gasteiger partial charge in [-0.05, 0) is 18.8 Å². The highest BCUT2D eigenvalue weighted by Crippen LogP contribution is 2.34. The number of carbonyl (C=O) groups is 3. The Labute approximate surface area is 243 Å². The summed E-state index contributed by atoms with van der Waals surface area (Å²) in [6.07, 6.45) is 3.02. The monoisotopic (exact) mass is 626 g/mol. The number of nitrogens with one attached hydrogen (secondary N) is 3. The van der Waals surface area contributed by atoms with Gasteiger partial charge in [0.2, 0.25) is 5.60 Å². The molecule has 228 valence electrons. The van der Waals surface area contributed by atoms with Crippen LogP contribution in [0.25, 0.3) is 0 Å². The number of carboxylic acids is 1. The van der Waals surface area contributed by atoms with Gasteiger partial charge in [-0.15, -0.1) is 11.3 Å². The molecule has 2 atom stereocenters. The topological polar surface area (TPSA) is 256 Å². The van der Waals surface area contributed by atoms with Crippen molar-refractivity contribution >= 4 is 50.3 Å². The van der Waals surface area contributed by atoms with Gasteiger partial charge in [0.25, 0.3) is 11.8 Å². The Morgan fingerprint density at radius 1 is 1.31 bits per heavy atom. The third-order valence-corrected chi connectivity index (χ3v) is 8.96. The Kier molecular flexibility index (Phi) is 8.42. The largest absolute Gasteiger partial charge is 0.478 e. The van der Waals surface area contributed by atoms with Gasteiger partial charge in [0.05, 0.1) is 18.4 Å². The van der Waals surface area contributed by atoms with Crippen molar-refractivity contribution in [2.45, 2.75) is 56.5 Å². The Morgan fingerprint density at radius 2 is 2.05 bits per heavy atom. The Bertz CT molecular complexity index is 1480. The fourth-order valence-electron chi connectivity index (χ4n) is 4.94. The van der Waals surface area contributed by atoms with E-state index >= 15 is 0 Å². The molecule has 0 bridgehead atoms. The van der Waals surface area contributed by atoms with Crippen molar-refractivity contribution in [1.82, 2.24) is 40.2 Å². The van der Waals surface area contributed by atoms with Crippen LogP contribution in [0.15, 0.2) is 16.7 Å². The van der Waals surface area contributed by atoms with Crippen LogP contribution in [0.1, 0.15) is 37.1 Å². The third kappa shape index (κ3) is 6.21. The first kappa shape index (κ1) is 29.8. The quantitative estimate of drug-likeness (QED) is 0.0605. The molecule has 0 spiro atoms.